The molecule has 1 rings (SSSR count). The van der Waals surface area contributed by atoms with E-state index >= 15 is 0 Å². The third-order valence-electron chi connectivity index (χ3n) is 2.01. The summed E-state index contributed by atoms with van der Waals surface area (Å²) in [5.41, 5.74) is 6.42. The molecule has 0 aliphatic rings. The van der Waals surface area contributed by atoms with Crippen molar-refractivity contribution in [1.82, 2.24) is 0 Å². The Morgan fingerprint density at radius 3 is 2.77 bits per heavy atom. The average molecular weight is 183 g/mol. The summed E-state index contributed by atoms with van der Waals surface area (Å²) in [6, 6.07) is 2.82. The molecule has 0 radical (unpaired) electrons. The number of phenolic OH excluding ortho intramolecular Hbond substituents is 1. The van der Waals surface area contributed by atoms with Crippen LogP contribution in [0.1, 0.15) is 17.5 Å². The Kier molecular flexibility index (Phi) is 3.25. The SMILES string of the molecule is Cc1cc(O)c(CCCN)cc1F. The summed E-state index contributed by atoms with van der Waals surface area (Å²) in [5.74, 6) is -0.114. The number of nitrogens with two attached hydrogens (primary N) is 1. The van der Waals surface area contributed by atoms with Gasteiger partial charge in [-0.3, -0.25) is 0 Å². The van der Waals surface area contributed by atoms with Crippen molar-refractivity contribution in [2.24, 2.45) is 5.73 Å². The first-order valence-electron chi connectivity index (χ1n) is 4.33. The number of hydrogen-bond donors (Lipinski definition) is 2. The summed E-state index contributed by atoms with van der Waals surface area (Å²) in [4.78, 5) is 0. The molecule has 1 aromatic rings. The van der Waals surface area contributed by atoms with E-state index in [0.29, 0.717) is 24.1 Å². The molecule has 0 fully saturated rings. The van der Waals surface area contributed by atoms with Gasteiger partial charge in [-0.25, -0.2) is 4.39 Å². The summed E-state index contributed by atoms with van der Waals surface area (Å²) >= 11 is 0. The van der Waals surface area contributed by atoms with Crippen molar-refractivity contribution in [3.63, 3.8) is 0 Å². The largest absolute Gasteiger partial charge is 0.508 e. The van der Waals surface area contributed by atoms with E-state index in [1.807, 2.05) is 0 Å². The molecule has 0 aromatic heterocycles. The molecular weight excluding hydrogens is 169 g/mol. The Hall–Kier alpha value is -1.09. The molecule has 3 heteroatoms. The lowest BCUT2D eigenvalue weighted by Gasteiger charge is -2.05. The number of halogens is 1. The van der Waals surface area contributed by atoms with E-state index in [1.54, 1.807) is 6.92 Å². The molecule has 0 saturated heterocycles. The van der Waals surface area contributed by atoms with Crippen LogP contribution in [0.2, 0.25) is 0 Å². The van der Waals surface area contributed by atoms with Crippen LogP contribution in [0.4, 0.5) is 4.39 Å². The maximum absolute atomic E-state index is 13.0. The van der Waals surface area contributed by atoms with Crippen LogP contribution >= 0.6 is 0 Å². The van der Waals surface area contributed by atoms with Gasteiger partial charge in [-0.15, -0.1) is 0 Å². The van der Waals surface area contributed by atoms with Crippen molar-refractivity contribution in [3.05, 3.63) is 29.1 Å². The van der Waals surface area contributed by atoms with E-state index in [0.717, 1.165) is 6.42 Å². The minimum atomic E-state index is -0.273. The highest BCUT2D eigenvalue weighted by molar-refractivity contribution is 5.36. The van der Waals surface area contributed by atoms with Crippen LogP contribution < -0.4 is 5.73 Å². The van der Waals surface area contributed by atoms with Gasteiger partial charge in [0.25, 0.3) is 0 Å². The maximum Gasteiger partial charge on any atom is 0.126 e. The number of benzene rings is 1. The van der Waals surface area contributed by atoms with Gasteiger partial charge >= 0.3 is 0 Å². The lowest BCUT2D eigenvalue weighted by Crippen LogP contribution is -2.01. The van der Waals surface area contributed by atoms with Crippen LogP contribution in [0.15, 0.2) is 12.1 Å². The molecule has 0 unspecified atom stereocenters. The monoisotopic (exact) mass is 183 g/mol. The van der Waals surface area contributed by atoms with E-state index in [2.05, 4.69) is 0 Å². The Labute approximate surface area is 77.2 Å². The molecular formula is C10H14FNO. The van der Waals surface area contributed by atoms with Crippen LogP contribution in [0.3, 0.4) is 0 Å². The number of rotatable bonds is 3. The van der Waals surface area contributed by atoms with Crippen LogP contribution in [-0.2, 0) is 6.42 Å². The van der Waals surface area contributed by atoms with Crippen molar-refractivity contribution < 1.29 is 9.50 Å². The molecule has 0 spiro atoms. The zero-order valence-corrected chi connectivity index (χ0v) is 7.68. The second-order valence-corrected chi connectivity index (χ2v) is 3.12. The van der Waals surface area contributed by atoms with Gasteiger partial charge in [0.1, 0.15) is 11.6 Å². The lowest BCUT2D eigenvalue weighted by atomic mass is 10.1. The Balaban J connectivity index is 2.88. The highest BCUT2D eigenvalue weighted by Crippen LogP contribution is 2.22. The predicted octanol–water partition coefficient (Wildman–Crippen LogP) is 1.73. The zero-order valence-electron chi connectivity index (χ0n) is 7.68. The normalized spacial score (nSPS) is 10.4. The third-order valence-corrected chi connectivity index (χ3v) is 2.01. The summed E-state index contributed by atoms with van der Waals surface area (Å²) in [6.45, 7) is 2.18. The van der Waals surface area contributed by atoms with Crippen LogP contribution in [-0.4, -0.2) is 11.7 Å². The first kappa shape index (κ1) is 9.99. The van der Waals surface area contributed by atoms with Crippen molar-refractivity contribution in [3.8, 4) is 5.75 Å². The Morgan fingerprint density at radius 2 is 2.15 bits per heavy atom. The fraction of sp³-hybridized carbons (Fsp3) is 0.400. The molecule has 0 amide bonds. The fourth-order valence-electron chi connectivity index (χ4n) is 1.20. The van der Waals surface area contributed by atoms with Gasteiger partial charge in [0.05, 0.1) is 0 Å². The summed E-state index contributed by atoms with van der Waals surface area (Å²) < 4.78 is 13.0. The van der Waals surface area contributed by atoms with E-state index in [-0.39, 0.29) is 11.6 Å². The van der Waals surface area contributed by atoms with E-state index < -0.39 is 0 Å². The Morgan fingerprint density at radius 1 is 1.46 bits per heavy atom. The van der Waals surface area contributed by atoms with Gasteiger partial charge in [-0.05, 0) is 49.6 Å². The molecule has 0 aliphatic carbocycles. The minimum Gasteiger partial charge on any atom is -0.508 e. The number of aryl methyl sites for hydroxylation is 2. The molecule has 13 heavy (non-hydrogen) atoms. The summed E-state index contributed by atoms with van der Waals surface area (Å²) in [5, 5.41) is 9.43. The molecule has 2 nitrogen and oxygen atoms in total. The summed E-state index contributed by atoms with van der Waals surface area (Å²) in [6.07, 6.45) is 1.38. The van der Waals surface area contributed by atoms with Gasteiger partial charge < -0.3 is 10.8 Å². The van der Waals surface area contributed by atoms with Gasteiger partial charge in [-0.1, -0.05) is 0 Å². The van der Waals surface area contributed by atoms with Crippen LogP contribution in [0, 0.1) is 12.7 Å². The van der Waals surface area contributed by atoms with E-state index in [9.17, 15) is 9.50 Å². The highest BCUT2D eigenvalue weighted by atomic mass is 19.1. The molecule has 1 aromatic carbocycles. The molecule has 0 atom stereocenters. The van der Waals surface area contributed by atoms with Crippen LogP contribution in [0.25, 0.3) is 0 Å². The predicted molar refractivity (Wildman–Crippen MR) is 50.2 cm³/mol. The highest BCUT2D eigenvalue weighted by Gasteiger charge is 2.05. The quantitative estimate of drug-likeness (QED) is 0.749. The smallest absolute Gasteiger partial charge is 0.126 e. The molecule has 72 valence electrons. The van der Waals surface area contributed by atoms with Gasteiger partial charge in [0.15, 0.2) is 0 Å². The molecule has 0 bridgehead atoms. The number of aromatic hydroxyl groups is 1. The molecule has 0 heterocycles. The third kappa shape index (κ3) is 2.42. The van der Waals surface area contributed by atoms with Crippen molar-refractivity contribution in [2.75, 3.05) is 6.54 Å². The minimum absolute atomic E-state index is 0.160. The van der Waals surface area contributed by atoms with Gasteiger partial charge in [0, 0.05) is 0 Å². The van der Waals surface area contributed by atoms with Crippen molar-refractivity contribution >= 4 is 0 Å². The fourth-order valence-corrected chi connectivity index (χ4v) is 1.20. The van der Waals surface area contributed by atoms with Gasteiger partial charge in [-0.2, -0.15) is 0 Å². The van der Waals surface area contributed by atoms with Crippen molar-refractivity contribution in [1.29, 1.82) is 0 Å². The lowest BCUT2D eigenvalue weighted by molar-refractivity contribution is 0.463. The zero-order chi connectivity index (χ0) is 9.84. The van der Waals surface area contributed by atoms with E-state index in [1.165, 1.54) is 12.1 Å². The second kappa shape index (κ2) is 4.23. The van der Waals surface area contributed by atoms with Crippen molar-refractivity contribution in [2.45, 2.75) is 19.8 Å². The average Bonchev–Trinajstić information content (AvgIpc) is 2.09. The second-order valence-electron chi connectivity index (χ2n) is 3.12. The topological polar surface area (TPSA) is 46.2 Å². The number of hydrogen-bond acceptors (Lipinski definition) is 2. The Bertz CT molecular complexity index is 299. The van der Waals surface area contributed by atoms with Gasteiger partial charge in [0.2, 0.25) is 0 Å². The standard InChI is InChI=1S/C10H14FNO/c1-7-5-10(13)8(3-2-4-12)6-9(7)11/h5-6,13H,2-4,12H2,1H3. The first-order valence-corrected chi connectivity index (χ1v) is 4.33. The molecule has 3 N–H and O–H groups in total. The molecule has 0 aliphatic heterocycles. The van der Waals surface area contributed by atoms with Crippen LogP contribution in [0.5, 0.6) is 5.75 Å². The van der Waals surface area contributed by atoms with E-state index in [4.69, 9.17) is 5.73 Å². The summed E-state index contributed by atoms with van der Waals surface area (Å²) in [7, 11) is 0. The maximum atomic E-state index is 13.0. The first-order chi connectivity index (χ1) is 6.15. The molecule has 0 saturated carbocycles. The number of phenols is 1.